The van der Waals surface area contributed by atoms with Gasteiger partial charge in [0.15, 0.2) is 0 Å². The van der Waals surface area contributed by atoms with Crippen molar-refractivity contribution in [2.75, 3.05) is 0 Å². The summed E-state index contributed by atoms with van der Waals surface area (Å²) in [6, 6.07) is 19.3. The summed E-state index contributed by atoms with van der Waals surface area (Å²) in [5, 5.41) is 2.14. The van der Waals surface area contributed by atoms with Gasteiger partial charge in [-0.05, 0) is 56.2 Å². The number of benzene rings is 3. The Bertz CT molecular complexity index is 1290. The van der Waals surface area contributed by atoms with Crippen molar-refractivity contribution in [2.24, 2.45) is 0 Å². The van der Waals surface area contributed by atoms with Crippen LogP contribution in [0.1, 0.15) is 16.7 Å². The van der Waals surface area contributed by atoms with Crippen LogP contribution < -0.4 is 0 Å². The molecule has 2 heterocycles. The Balaban J connectivity index is 1.60. The minimum absolute atomic E-state index is 1.05. The van der Waals surface area contributed by atoms with Gasteiger partial charge in [0, 0.05) is 11.1 Å². The molecule has 0 bridgehead atoms. The molecule has 0 N–H and O–H groups in total. The molecule has 3 aromatic carbocycles. The minimum Gasteiger partial charge on any atom is -0.236 e. The molecule has 27 heavy (non-hydrogen) atoms. The number of hydrogen-bond donors (Lipinski definition) is 0. The Labute approximate surface area is 166 Å². The number of rotatable bonds is 2. The van der Waals surface area contributed by atoms with Gasteiger partial charge >= 0.3 is 0 Å². The van der Waals surface area contributed by atoms with E-state index in [1.54, 1.807) is 22.7 Å². The highest BCUT2D eigenvalue weighted by Crippen LogP contribution is 2.37. The lowest BCUT2D eigenvalue weighted by Gasteiger charge is -1.98. The summed E-state index contributed by atoms with van der Waals surface area (Å²) in [5.74, 6) is 0. The van der Waals surface area contributed by atoms with Crippen molar-refractivity contribution in [3.8, 4) is 21.1 Å². The number of aryl methyl sites for hydroxylation is 3. The molecule has 0 fully saturated rings. The molecule has 2 nitrogen and oxygen atoms in total. The fraction of sp³-hybridized carbons (Fsp3) is 0.130. The predicted molar refractivity (Wildman–Crippen MR) is 118 cm³/mol. The first kappa shape index (κ1) is 16.6. The second-order valence-electron chi connectivity index (χ2n) is 6.94. The zero-order valence-electron chi connectivity index (χ0n) is 15.4. The summed E-state index contributed by atoms with van der Waals surface area (Å²) in [6.45, 7) is 6.44. The maximum atomic E-state index is 4.87. The van der Waals surface area contributed by atoms with Crippen molar-refractivity contribution in [1.29, 1.82) is 0 Å². The minimum atomic E-state index is 1.05. The van der Waals surface area contributed by atoms with Crippen molar-refractivity contribution in [2.45, 2.75) is 20.8 Å². The van der Waals surface area contributed by atoms with Crippen molar-refractivity contribution in [1.82, 2.24) is 9.97 Å². The lowest BCUT2D eigenvalue weighted by atomic mass is 10.1. The van der Waals surface area contributed by atoms with Gasteiger partial charge in [-0.1, -0.05) is 35.9 Å². The lowest BCUT2D eigenvalue weighted by Crippen LogP contribution is -1.79. The first-order valence-corrected chi connectivity index (χ1v) is 10.6. The molecule has 0 radical (unpaired) electrons. The van der Waals surface area contributed by atoms with Crippen molar-refractivity contribution >= 4 is 43.1 Å². The maximum Gasteiger partial charge on any atom is 0.124 e. The Morgan fingerprint density at radius 2 is 1.33 bits per heavy atom. The van der Waals surface area contributed by atoms with Gasteiger partial charge < -0.3 is 0 Å². The fourth-order valence-electron chi connectivity index (χ4n) is 3.22. The number of hydrogen-bond acceptors (Lipinski definition) is 4. The van der Waals surface area contributed by atoms with Crippen LogP contribution in [0.4, 0.5) is 0 Å². The van der Waals surface area contributed by atoms with Crippen LogP contribution >= 0.6 is 22.7 Å². The maximum absolute atomic E-state index is 4.87. The van der Waals surface area contributed by atoms with Crippen molar-refractivity contribution in [3.63, 3.8) is 0 Å². The van der Waals surface area contributed by atoms with E-state index >= 15 is 0 Å². The molecule has 5 rings (SSSR count). The molecule has 2 aromatic heterocycles. The zero-order valence-corrected chi connectivity index (χ0v) is 17.0. The van der Waals surface area contributed by atoms with Gasteiger partial charge in [-0.25, -0.2) is 9.97 Å². The van der Waals surface area contributed by atoms with E-state index in [-0.39, 0.29) is 0 Å². The summed E-state index contributed by atoms with van der Waals surface area (Å²) < 4.78 is 2.49. The molecule has 5 aromatic rings. The third kappa shape index (κ3) is 2.85. The number of nitrogens with zero attached hydrogens (tertiary/aromatic N) is 2. The molecule has 0 aliphatic carbocycles. The molecule has 0 unspecified atom stereocenters. The standard InChI is InChI=1S/C23H18N2S2/c1-13-4-7-16(8-5-13)22-24-18-11-9-17(12-20(18)26-22)23-25-19-10-6-14(2)15(3)21(19)27-23/h4-12H,1-3H3. The van der Waals surface area contributed by atoms with Crippen molar-refractivity contribution in [3.05, 3.63) is 71.3 Å². The van der Waals surface area contributed by atoms with Gasteiger partial charge in [-0.2, -0.15) is 0 Å². The molecule has 0 saturated carbocycles. The smallest absolute Gasteiger partial charge is 0.124 e. The highest BCUT2D eigenvalue weighted by Gasteiger charge is 2.12. The molecule has 0 amide bonds. The number of thiazole rings is 2. The fourth-order valence-corrected chi connectivity index (χ4v) is 5.35. The number of fused-ring (bicyclic) bond motifs is 2. The molecule has 4 heteroatoms. The van der Waals surface area contributed by atoms with E-state index in [1.165, 1.54) is 37.2 Å². The Kier molecular flexibility index (Phi) is 3.85. The second-order valence-corrected chi connectivity index (χ2v) is 8.97. The van der Waals surface area contributed by atoms with Crippen LogP contribution in [0.2, 0.25) is 0 Å². The monoisotopic (exact) mass is 386 g/mol. The van der Waals surface area contributed by atoms with E-state index in [9.17, 15) is 0 Å². The number of aromatic nitrogens is 2. The van der Waals surface area contributed by atoms with E-state index in [0.717, 1.165) is 21.0 Å². The van der Waals surface area contributed by atoms with E-state index in [0.29, 0.717) is 0 Å². The Hall–Kier alpha value is -2.56. The van der Waals surface area contributed by atoms with E-state index in [4.69, 9.17) is 9.97 Å². The van der Waals surface area contributed by atoms with Gasteiger partial charge in [-0.3, -0.25) is 0 Å². The van der Waals surface area contributed by atoms with Crippen LogP contribution in [-0.4, -0.2) is 9.97 Å². The molecule has 0 saturated heterocycles. The third-order valence-electron chi connectivity index (χ3n) is 5.01. The summed E-state index contributed by atoms with van der Waals surface area (Å²) in [4.78, 5) is 9.69. The molecule has 0 aliphatic rings. The highest BCUT2D eigenvalue weighted by atomic mass is 32.1. The van der Waals surface area contributed by atoms with Crippen LogP contribution in [0.5, 0.6) is 0 Å². The molecular formula is C23H18N2S2. The largest absolute Gasteiger partial charge is 0.236 e. The average molecular weight is 387 g/mol. The van der Waals surface area contributed by atoms with Gasteiger partial charge in [0.05, 0.1) is 20.4 Å². The first-order chi connectivity index (χ1) is 13.1. The second kappa shape index (κ2) is 6.25. The zero-order chi connectivity index (χ0) is 18.5. The van der Waals surface area contributed by atoms with Gasteiger partial charge in [-0.15, -0.1) is 22.7 Å². The quantitative estimate of drug-likeness (QED) is 0.321. The first-order valence-electron chi connectivity index (χ1n) is 8.93. The normalized spacial score (nSPS) is 11.5. The molecule has 0 spiro atoms. The molecule has 0 aliphatic heterocycles. The van der Waals surface area contributed by atoms with E-state index in [1.807, 2.05) is 0 Å². The van der Waals surface area contributed by atoms with Crippen molar-refractivity contribution < 1.29 is 0 Å². The molecule has 132 valence electrons. The van der Waals surface area contributed by atoms with Crippen LogP contribution in [-0.2, 0) is 0 Å². The summed E-state index contributed by atoms with van der Waals surface area (Å²) >= 11 is 3.52. The summed E-state index contributed by atoms with van der Waals surface area (Å²) in [5.41, 5.74) is 8.39. The van der Waals surface area contributed by atoms with Gasteiger partial charge in [0.1, 0.15) is 10.0 Å². The van der Waals surface area contributed by atoms with Crippen LogP contribution in [0.15, 0.2) is 54.6 Å². The lowest BCUT2D eigenvalue weighted by molar-refractivity contribution is 1.38. The summed E-state index contributed by atoms with van der Waals surface area (Å²) in [7, 11) is 0. The third-order valence-corrected chi connectivity index (χ3v) is 7.32. The summed E-state index contributed by atoms with van der Waals surface area (Å²) in [6.07, 6.45) is 0. The highest BCUT2D eigenvalue weighted by molar-refractivity contribution is 7.22. The SMILES string of the molecule is Cc1ccc(-c2nc3ccc(-c4nc5ccc(C)c(C)c5s4)cc3s2)cc1. The van der Waals surface area contributed by atoms with Crippen LogP contribution in [0, 0.1) is 20.8 Å². The van der Waals surface area contributed by atoms with E-state index in [2.05, 4.69) is 75.4 Å². The van der Waals surface area contributed by atoms with E-state index < -0.39 is 0 Å². The molecule has 0 atom stereocenters. The Morgan fingerprint density at radius 1 is 0.667 bits per heavy atom. The topological polar surface area (TPSA) is 25.8 Å². The molecular weight excluding hydrogens is 368 g/mol. The Morgan fingerprint density at radius 3 is 2.15 bits per heavy atom. The predicted octanol–water partition coefficient (Wildman–Crippen LogP) is 7.17. The van der Waals surface area contributed by atoms with Gasteiger partial charge in [0.25, 0.3) is 0 Å². The van der Waals surface area contributed by atoms with Crippen LogP contribution in [0.25, 0.3) is 41.6 Å². The van der Waals surface area contributed by atoms with Gasteiger partial charge in [0.2, 0.25) is 0 Å². The average Bonchev–Trinajstić information content (AvgIpc) is 3.29. The van der Waals surface area contributed by atoms with Crippen LogP contribution in [0.3, 0.4) is 0 Å².